The van der Waals surface area contributed by atoms with Crippen molar-refractivity contribution in [2.75, 3.05) is 9.80 Å². The van der Waals surface area contributed by atoms with Gasteiger partial charge >= 0.3 is 0 Å². The van der Waals surface area contributed by atoms with Crippen LogP contribution in [0.1, 0.15) is 33.4 Å². The molecule has 0 spiro atoms. The van der Waals surface area contributed by atoms with Gasteiger partial charge in [-0.2, -0.15) is 0 Å². The summed E-state index contributed by atoms with van der Waals surface area (Å²) in [5.41, 5.74) is 19.5. The minimum absolute atomic E-state index is 1.13. The van der Waals surface area contributed by atoms with Crippen molar-refractivity contribution in [3.63, 3.8) is 0 Å². The molecule has 0 aromatic heterocycles. The van der Waals surface area contributed by atoms with Gasteiger partial charge in [0.05, 0.1) is 0 Å². The summed E-state index contributed by atoms with van der Waals surface area (Å²) < 4.78 is 0. The van der Waals surface area contributed by atoms with Crippen molar-refractivity contribution in [3.05, 3.63) is 191 Å². The van der Waals surface area contributed by atoms with Crippen LogP contribution >= 0.6 is 0 Å². The largest absolute Gasteiger partial charge is 0.310 e. The molecule has 0 aliphatic carbocycles. The smallest absolute Gasteiger partial charge is 0.0467 e. The molecule has 246 valence electrons. The Balaban J connectivity index is 1.30. The lowest BCUT2D eigenvalue weighted by atomic mass is 9.88. The van der Waals surface area contributed by atoms with Gasteiger partial charge in [0.2, 0.25) is 0 Å². The van der Waals surface area contributed by atoms with Gasteiger partial charge in [0.1, 0.15) is 0 Å². The number of nitrogens with zero attached hydrogens (tertiary/aromatic N) is 2. The van der Waals surface area contributed by atoms with Gasteiger partial charge in [0.15, 0.2) is 0 Å². The minimum atomic E-state index is 1.13. The Morgan fingerprint density at radius 2 is 0.680 bits per heavy atom. The normalized spacial score (nSPS) is 11.0. The average molecular weight is 649 g/mol. The molecule has 0 aliphatic rings. The van der Waals surface area contributed by atoms with E-state index in [4.69, 9.17) is 0 Å². The van der Waals surface area contributed by atoms with Crippen LogP contribution in [0.3, 0.4) is 0 Å². The van der Waals surface area contributed by atoms with E-state index in [2.05, 4.69) is 209 Å². The van der Waals surface area contributed by atoms with Gasteiger partial charge in [0.25, 0.3) is 0 Å². The predicted molar refractivity (Wildman–Crippen MR) is 215 cm³/mol. The van der Waals surface area contributed by atoms with Crippen LogP contribution in [0.15, 0.2) is 158 Å². The highest BCUT2D eigenvalue weighted by Crippen LogP contribution is 2.43. The summed E-state index contributed by atoms with van der Waals surface area (Å²) in [6.07, 6.45) is 0. The molecule has 0 bridgehead atoms. The Morgan fingerprint density at radius 1 is 0.280 bits per heavy atom. The van der Waals surface area contributed by atoms with Crippen molar-refractivity contribution in [3.8, 4) is 22.3 Å². The Hall–Kier alpha value is -5.86. The van der Waals surface area contributed by atoms with E-state index in [1.807, 2.05) is 0 Å². The zero-order valence-electron chi connectivity index (χ0n) is 29.9. The van der Waals surface area contributed by atoms with Crippen molar-refractivity contribution in [1.82, 2.24) is 0 Å². The molecule has 0 unspecified atom stereocenters. The Kier molecular flexibility index (Phi) is 9.11. The maximum atomic E-state index is 2.38. The molecule has 2 nitrogen and oxygen atoms in total. The fraction of sp³-hybridized carbons (Fsp3) is 0.125. The lowest BCUT2D eigenvalue weighted by molar-refractivity contribution is 1.23. The van der Waals surface area contributed by atoms with E-state index in [0.29, 0.717) is 0 Å². The van der Waals surface area contributed by atoms with E-state index < -0.39 is 0 Å². The monoisotopic (exact) mass is 648 g/mol. The highest BCUT2D eigenvalue weighted by molar-refractivity contribution is 5.86. The molecule has 0 saturated carbocycles. The average Bonchev–Trinajstić information content (AvgIpc) is 3.11. The first-order valence-corrected chi connectivity index (χ1v) is 17.4. The van der Waals surface area contributed by atoms with Crippen molar-refractivity contribution < 1.29 is 0 Å². The van der Waals surface area contributed by atoms with Gasteiger partial charge in [-0.1, -0.05) is 90.5 Å². The van der Waals surface area contributed by atoms with Crippen molar-refractivity contribution in [1.29, 1.82) is 0 Å². The second kappa shape index (κ2) is 13.9. The van der Waals surface area contributed by atoms with Crippen LogP contribution in [0.2, 0.25) is 0 Å². The van der Waals surface area contributed by atoms with Gasteiger partial charge in [-0.3, -0.25) is 0 Å². The second-order valence-corrected chi connectivity index (χ2v) is 13.5. The molecule has 2 heteroatoms. The summed E-state index contributed by atoms with van der Waals surface area (Å²) in [5, 5.41) is 0. The molecule has 50 heavy (non-hydrogen) atoms. The van der Waals surface area contributed by atoms with Gasteiger partial charge in [-0.25, -0.2) is 0 Å². The summed E-state index contributed by atoms with van der Waals surface area (Å²) in [5.74, 6) is 0. The Labute approximate surface area is 297 Å². The van der Waals surface area contributed by atoms with Crippen LogP contribution in [0, 0.1) is 41.5 Å². The lowest BCUT2D eigenvalue weighted by Crippen LogP contribution is -2.12. The molecule has 0 fully saturated rings. The van der Waals surface area contributed by atoms with Crippen LogP contribution in [-0.4, -0.2) is 0 Å². The first-order chi connectivity index (χ1) is 24.3. The van der Waals surface area contributed by atoms with Crippen LogP contribution in [0.4, 0.5) is 34.1 Å². The quantitative estimate of drug-likeness (QED) is 0.162. The summed E-state index contributed by atoms with van der Waals surface area (Å²) in [4.78, 5) is 4.74. The van der Waals surface area contributed by atoms with Crippen LogP contribution in [0.5, 0.6) is 0 Å². The fourth-order valence-corrected chi connectivity index (χ4v) is 7.29. The minimum Gasteiger partial charge on any atom is -0.310 e. The molecule has 0 N–H and O–H groups in total. The number of hydrogen-bond donors (Lipinski definition) is 0. The number of aryl methyl sites for hydroxylation is 6. The van der Waals surface area contributed by atoms with E-state index in [0.717, 1.165) is 34.1 Å². The maximum absolute atomic E-state index is 2.38. The Bertz CT molecular complexity index is 2200. The number of rotatable bonds is 8. The molecule has 7 aromatic carbocycles. The number of benzene rings is 7. The molecule has 0 saturated heterocycles. The lowest BCUT2D eigenvalue weighted by Gasteiger charge is -2.29. The molecule has 0 radical (unpaired) electrons. The molecule has 0 aliphatic heterocycles. The van der Waals surface area contributed by atoms with Gasteiger partial charge in [0, 0.05) is 34.1 Å². The third-order valence-corrected chi connectivity index (χ3v) is 9.60. The molecule has 0 heterocycles. The summed E-state index contributed by atoms with van der Waals surface area (Å²) >= 11 is 0. The van der Waals surface area contributed by atoms with Gasteiger partial charge < -0.3 is 9.80 Å². The number of hydrogen-bond acceptors (Lipinski definition) is 2. The SMILES string of the molecule is Cc1ccc(N(c2ccc(-c3ccccc3)cc2)c2cc(C)c(-c3c(C)cc(N(c4ccccc4)c4cccc(C)c4)cc3C)c(C)c2)cc1. The first-order valence-electron chi connectivity index (χ1n) is 17.4. The zero-order valence-corrected chi connectivity index (χ0v) is 29.9. The van der Waals surface area contributed by atoms with Crippen molar-refractivity contribution in [2.24, 2.45) is 0 Å². The van der Waals surface area contributed by atoms with Gasteiger partial charge in [-0.15, -0.1) is 0 Å². The summed E-state index contributed by atoms with van der Waals surface area (Å²) in [6.45, 7) is 13.3. The fourth-order valence-electron chi connectivity index (χ4n) is 7.29. The molecular weight excluding hydrogens is 605 g/mol. The maximum Gasteiger partial charge on any atom is 0.0467 e. The first kappa shape index (κ1) is 32.7. The van der Waals surface area contributed by atoms with Crippen LogP contribution in [-0.2, 0) is 0 Å². The van der Waals surface area contributed by atoms with E-state index in [-0.39, 0.29) is 0 Å². The Morgan fingerprint density at radius 3 is 1.18 bits per heavy atom. The van der Waals surface area contributed by atoms with E-state index in [1.165, 1.54) is 55.6 Å². The molecular formula is C48H44N2. The van der Waals surface area contributed by atoms with Crippen LogP contribution < -0.4 is 9.80 Å². The molecule has 0 amide bonds. The summed E-state index contributed by atoms with van der Waals surface area (Å²) in [6, 6.07) is 57.1. The number of anilines is 6. The summed E-state index contributed by atoms with van der Waals surface area (Å²) in [7, 11) is 0. The van der Waals surface area contributed by atoms with E-state index >= 15 is 0 Å². The third-order valence-electron chi connectivity index (χ3n) is 9.60. The second-order valence-electron chi connectivity index (χ2n) is 13.5. The number of para-hydroxylation sites is 1. The standard InChI is InChI=1S/C48H44N2/c1-33-20-24-42(25-21-33)49(43-26-22-40(23-27-43)39-15-9-7-10-16-39)45-29-35(3)47(36(4)30-45)48-37(5)31-46(32-38(48)6)50(41-17-11-8-12-18-41)44-19-13-14-34(2)28-44/h7-32H,1-6H3. The zero-order chi connectivity index (χ0) is 34.8. The predicted octanol–water partition coefficient (Wildman–Crippen LogP) is 13.8. The molecule has 7 aromatic rings. The van der Waals surface area contributed by atoms with Crippen molar-refractivity contribution >= 4 is 34.1 Å². The van der Waals surface area contributed by atoms with E-state index in [9.17, 15) is 0 Å². The van der Waals surface area contributed by atoms with Crippen LogP contribution in [0.25, 0.3) is 22.3 Å². The molecule has 7 rings (SSSR count). The molecule has 0 atom stereocenters. The van der Waals surface area contributed by atoms with Crippen molar-refractivity contribution in [2.45, 2.75) is 41.5 Å². The topological polar surface area (TPSA) is 6.48 Å². The van der Waals surface area contributed by atoms with E-state index in [1.54, 1.807) is 0 Å². The van der Waals surface area contributed by atoms with Gasteiger partial charge in [-0.05, 0) is 164 Å². The highest BCUT2D eigenvalue weighted by atomic mass is 15.1. The third kappa shape index (κ3) is 6.58. The highest BCUT2D eigenvalue weighted by Gasteiger charge is 2.20.